The first-order valence-corrected chi connectivity index (χ1v) is 19.6. The number of benzene rings is 3. The molecule has 0 saturated carbocycles. The summed E-state index contributed by atoms with van der Waals surface area (Å²) in [5.41, 5.74) is 4.81. The Morgan fingerprint density at radius 1 is 0.983 bits per heavy atom. The second kappa shape index (κ2) is 16.8. The average Bonchev–Trinajstić information content (AvgIpc) is 3.82. The van der Waals surface area contributed by atoms with Gasteiger partial charge < -0.3 is 59.3 Å². The van der Waals surface area contributed by atoms with Crippen molar-refractivity contribution < 1.29 is 58.6 Å². The maximum absolute atomic E-state index is 13.5. The zero-order chi connectivity index (χ0) is 42.2. The molecule has 16 heteroatoms. The number of esters is 1. The summed E-state index contributed by atoms with van der Waals surface area (Å²) in [6.07, 6.45) is -1.80. The number of aromatic hydroxyl groups is 1. The lowest BCUT2D eigenvalue weighted by atomic mass is 9.83. The lowest BCUT2D eigenvalue weighted by Gasteiger charge is -2.42. The summed E-state index contributed by atoms with van der Waals surface area (Å²) in [7, 11) is 0. The number of aliphatic hydroxyl groups excluding tert-OH is 3. The summed E-state index contributed by atoms with van der Waals surface area (Å²) in [6, 6.07) is 17.5. The number of carbonyl (C=O) groups excluding carboxylic acids is 1. The number of rotatable bonds is 12. The van der Waals surface area contributed by atoms with E-state index >= 15 is 0 Å². The number of carboxylic acids is 1. The van der Waals surface area contributed by atoms with Crippen LogP contribution in [0.4, 0.5) is 0 Å². The number of aromatic amines is 1. The van der Waals surface area contributed by atoms with Gasteiger partial charge in [0.2, 0.25) is 12.4 Å². The number of H-pyrrole nitrogens is 1. The largest absolute Gasteiger partial charge is 0.508 e. The molecule has 0 amide bonds. The Bertz CT molecular complexity index is 2560. The molecule has 2 aliphatic rings. The Balaban J connectivity index is 1.11. The monoisotopic (exact) mass is 823 g/mol. The van der Waals surface area contributed by atoms with Crippen LogP contribution in [0.1, 0.15) is 24.0 Å². The van der Waals surface area contributed by atoms with E-state index in [0.717, 1.165) is 27.6 Å². The van der Waals surface area contributed by atoms with Crippen LogP contribution in [0.15, 0.2) is 94.6 Å². The predicted molar refractivity (Wildman–Crippen MR) is 216 cm³/mol. The zero-order valence-electron chi connectivity index (χ0n) is 32.7. The number of hydrogen-bond donors (Lipinski definition) is 7. The number of ether oxygens (including phenoxy) is 3. The van der Waals surface area contributed by atoms with Crippen molar-refractivity contribution >= 4 is 33.8 Å². The number of phenolic OH excluding ortho intramolecular Hbond substituents is 1. The molecular formula is C44H45N3O13. The van der Waals surface area contributed by atoms with Crippen LogP contribution in [0.25, 0.3) is 44.3 Å². The number of carboxylic acid groups (broad SMARTS) is 1. The van der Waals surface area contributed by atoms with E-state index < -0.39 is 67.1 Å². The summed E-state index contributed by atoms with van der Waals surface area (Å²) in [5, 5.41) is 57.0. The van der Waals surface area contributed by atoms with Crippen molar-refractivity contribution in [1.29, 1.82) is 0 Å². The Morgan fingerprint density at radius 2 is 1.75 bits per heavy atom. The number of hydrogen-bond acceptors (Lipinski definition) is 13. The van der Waals surface area contributed by atoms with Crippen LogP contribution in [0.2, 0.25) is 0 Å². The molecule has 0 unspecified atom stereocenters. The molecule has 0 aliphatic carbocycles. The smallest absolute Gasteiger partial charge is 0.322 e. The molecule has 5 heterocycles. The van der Waals surface area contributed by atoms with Gasteiger partial charge in [-0.05, 0) is 87.2 Å². The van der Waals surface area contributed by atoms with Gasteiger partial charge in [0, 0.05) is 35.9 Å². The van der Waals surface area contributed by atoms with E-state index in [4.69, 9.17) is 23.5 Å². The number of aryl methyl sites for hydroxylation is 2. The lowest BCUT2D eigenvalue weighted by Crippen LogP contribution is -2.63. The maximum Gasteiger partial charge on any atom is 0.322 e. The highest BCUT2D eigenvalue weighted by Gasteiger charge is 2.50. The topological polar surface area (TPSA) is 235 Å². The van der Waals surface area contributed by atoms with E-state index in [0.29, 0.717) is 30.6 Å². The number of nitrogens with zero attached hydrogens (tertiary/aromatic N) is 1. The number of phenols is 1. The molecule has 60 heavy (non-hydrogen) atoms. The van der Waals surface area contributed by atoms with Gasteiger partial charge in [-0.2, -0.15) is 4.73 Å². The van der Waals surface area contributed by atoms with Crippen molar-refractivity contribution in [2.75, 3.05) is 19.8 Å². The fourth-order valence-corrected chi connectivity index (χ4v) is 8.23. The molecule has 3 aromatic heterocycles. The van der Waals surface area contributed by atoms with E-state index in [1.54, 1.807) is 24.5 Å². The number of aliphatic carboxylic acids is 1. The van der Waals surface area contributed by atoms with Gasteiger partial charge in [-0.15, -0.1) is 0 Å². The summed E-state index contributed by atoms with van der Waals surface area (Å²) in [4.78, 5) is 49.0. The van der Waals surface area contributed by atoms with Crippen molar-refractivity contribution in [2.24, 2.45) is 11.8 Å². The van der Waals surface area contributed by atoms with Gasteiger partial charge in [-0.1, -0.05) is 29.3 Å². The van der Waals surface area contributed by atoms with Crippen LogP contribution >= 0.6 is 0 Å². The molecule has 3 aromatic carbocycles. The first kappa shape index (κ1) is 40.6. The molecule has 0 radical (unpaired) electrons. The highest BCUT2D eigenvalue weighted by molar-refractivity contribution is 5.95. The summed E-state index contributed by atoms with van der Waals surface area (Å²) in [6.45, 7) is 3.40. The highest BCUT2D eigenvalue weighted by Crippen LogP contribution is 2.34. The first-order valence-electron chi connectivity index (χ1n) is 19.6. The number of carbonyl (C=O) groups is 2. The minimum Gasteiger partial charge on any atom is -0.508 e. The molecule has 8 rings (SSSR count). The highest BCUT2D eigenvalue weighted by atomic mass is 16.8. The van der Waals surface area contributed by atoms with E-state index in [1.807, 2.05) is 38.1 Å². The number of aromatic nitrogens is 2. The quantitative estimate of drug-likeness (QED) is 0.0690. The van der Waals surface area contributed by atoms with Gasteiger partial charge >= 0.3 is 11.9 Å². The van der Waals surface area contributed by atoms with Gasteiger partial charge in [0.05, 0.1) is 22.7 Å². The van der Waals surface area contributed by atoms with E-state index in [9.17, 15) is 39.9 Å². The molecule has 2 saturated heterocycles. The third-order valence-electron chi connectivity index (χ3n) is 11.2. The zero-order valence-corrected chi connectivity index (χ0v) is 32.7. The van der Waals surface area contributed by atoms with E-state index in [-0.39, 0.29) is 40.1 Å². The van der Waals surface area contributed by atoms with Gasteiger partial charge in [0.15, 0.2) is 11.3 Å². The Hall–Kier alpha value is -6.17. The fourth-order valence-electron chi connectivity index (χ4n) is 8.23. The average molecular weight is 824 g/mol. The van der Waals surface area contributed by atoms with Crippen LogP contribution in [0.5, 0.6) is 11.5 Å². The number of piperidine rings is 1. The SMILES string of the molecule is Cc1cc(C)cc(-c2c3[nH]ccc3cn2O[C@@H]2[C@@H](Oc3ccc4c(=O)c(-c5ccc(O)cc5)coc4c3)O[C@@H](COC(=O)[C@H](C(=O)O)[C@H]3NCCC[C@@H]3CO)[C@H](O)[C@H]2O)c1. The first-order chi connectivity index (χ1) is 28.9. The maximum atomic E-state index is 13.5. The number of aliphatic hydroxyl groups is 3. The lowest BCUT2D eigenvalue weighted by molar-refractivity contribution is -0.288. The Labute approximate surface area is 342 Å². The van der Waals surface area contributed by atoms with Crippen molar-refractivity contribution in [2.45, 2.75) is 63.4 Å². The van der Waals surface area contributed by atoms with Gasteiger partial charge in [-0.3, -0.25) is 14.4 Å². The number of fused-ring (bicyclic) bond motifs is 2. The van der Waals surface area contributed by atoms with Crippen LogP contribution < -0.4 is 20.3 Å². The fraction of sp³-hybridized carbons (Fsp3) is 0.341. The summed E-state index contributed by atoms with van der Waals surface area (Å²) < 4.78 is 25.3. The molecular weight excluding hydrogens is 778 g/mol. The molecule has 2 fully saturated rings. The van der Waals surface area contributed by atoms with Crippen molar-refractivity contribution in [3.8, 4) is 33.9 Å². The van der Waals surface area contributed by atoms with Crippen molar-refractivity contribution in [1.82, 2.24) is 15.0 Å². The second-order valence-electron chi connectivity index (χ2n) is 15.4. The minimum absolute atomic E-state index is 0.0456. The standard InChI is InChI=1S/C44H45N3O13/c1-22-14-23(2)16-27(15-22)37-36-25(11-13-46-36)18-47(37)60-41-40(52)39(51)33(21-57-43(55)34(42(53)54)35-26(19-48)4-3-12-45-35)59-44(41)58-29-9-10-30-32(17-29)56-20-31(38(30)50)24-5-7-28(49)8-6-24/h5-11,13-18,20,26,33-35,39-41,44-46,48-49,51-52H,3-4,12,19,21H2,1-2H3,(H,53,54)/t26-,33+,34+,35+,39+,40-,41+,44+/m1/s1. The Morgan fingerprint density at radius 3 is 2.48 bits per heavy atom. The van der Waals surface area contributed by atoms with Crippen LogP contribution in [-0.4, -0.2) is 104 Å². The molecule has 0 spiro atoms. The molecule has 314 valence electrons. The molecule has 6 aromatic rings. The van der Waals surface area contributed by atoms with Gasteiger partial charge in [0.1, 0.15) is 54.0 Å². The van der Waals surface area contributed by atoms with E-state index in [1.165, 1.54) is 41.3 Å². The predicted octanol–water partition coefficient (Wildman–Crippen LogP) is 3.66. The van der Waals surface area contributed by atoms with Crippen LogP contribution in [0, 0.1) is 25.7 Å². The molecule has 7 N–H and O–H groups in total. The van der Waals surface area contributed by atoms with Crippen molar-refractivity contribution in [3.05, 3.63) is 107 Å². The summed E-state index contributed by atoms with van der Waals surface area (Å²) >= 11 is 0. The third kappa shape index (κ3) is 7.94. The molecule has 2 aliphatic heterocycles. The summed E-state index contributed by atoms with van der Waals surface area (Å²) in [5.74, 6) is -4.55. The van der Waals surface area contributed by atoms with Crippen LogP contribution in [-0.2, 0) is 19.1 Å². The molecule has 16 nitrogen and oxygen atoms in total. The Kier molecular flexibility index (Phi) is 11.4. The van der Waals surface area contributed by atoms with Crippen LogP contribution in [0.3, 0.4) is 0 Å². The molecule has 0 bridgehead atoms. The third-order valence-corrected chi connectivity index (χ3v) is 11.2. The minimum atomic E-state index is -1.72. The van der Waals surface area contributed by atoms with Gasteiger partial charge in [-0.25, -0.2) is 0 Å². The van der Waals surface area contributed by atoms with E-state index in [2.05, 4.69) is 10.3 Å². The molecule has 8 atom stereocenters. The number of nitrogens with one attached hydrogen (secondary N) is 2. The van der Waals surface area contributed by atoms with Crippen molar-refractivity contribution in [3.63, 3.8) is 0 Å². The second-order valence-corrected chi connectivity index (χ2v) is 15.4. The van der Waals surface area contributed by atoms with Gasteiger partial charge in [0.25, 0.3) is 0 Å². The normalized spacial score (nSPS) is 23.6.